The summed E-state index contributed by atoms with van der Waals surface area (Å²) in [6.45, 7) is 7.99. The van der Waals surface area contributed by atoms with Gasteiger partial charge in [-0.25, -0.2) is 9.78 Å². The number of hydrogen-bond acceptors (Lipinski definition) is 7. The summed E-state index contributed by atoms with van der Waals surface area (Å²) in [7, 11) is 1.52. The van der Waals surface area contributed by atoms with Crippen LogP contribution >= 0.6 is 22.9 Å². The van der Waals surface area contributed by atoms with E-state index < -0.39 is 12.1 Å². The number of carbonyl (C=O) groups is 3. The van der Waals surface area contributed by atoms with Gasteiger partial charge in [0.05, 0.1) is 28.4 Å². The lowest BCUT2D eigenvalue weighted by atomic mass is 9.81. The second-order valence-electron chi connectivity index (χ2n) is 12.2. The van der Waals surface area contributed by atoms with Crippen LogP contribution in [0.15, 0.2) is 30.4 Å². The van der Waals surface area contributed by atoms with Crippen molar-refractivity contribution in [2.75, 3.05) is 46.4 Å². The second kappa shape index (κ2) is 14.4. The first-order valence-corrected chi connectivity index (χ1v) is 16.5. The lowest BCUT2D eigenvalue weighted by Crippen LogP contribution is -2.51. The first-order chi connectivity index (χ1) is 20.7. The molecule has 3 fully saturated rings. The molecule has 1 aliphatic heterocycles. The van der Waals surface area contributed by atoms with Gasteiger partial charge in [-0.2, -0.15) is 0 Å². The molecule has 5 rings (SSSR count). The number of amides is 4. The summed E-state index contributed by atoms with van der Waals surface area (Å²) in [6.07, 6.45) is 8.10. The number of carbonyl (C=O) groups excluding carboxylic acids is 3. The van der Waals surface area contributed by atoms with Gasteiger partial charge in [-0.1, -0.05) is 50.3 Å². The van der Waals surface area contributed by atoms with E-state index in [0.29, 0.717) is 42.8 Å². The van der Waals surface area contributed by atoms with Crippen molar-refractivity contribution in [3.8, 4) is 0 Å². The number of rotatable bonds is 12. The fraction of sp³-hybridized carbons (Fsp3) is 0.613. The van der Waals surface area contributed by atoms with Crippen LogP contribution in [0.3, 0.4) is 0 Å². The molecule has 1 saturated heterocycles. The highest BCUT2D eigenvalue weighted by Gasteiger charge is 2.56. The molecule has 2 aromatic rings. The molecule has 3 atom stereocenters. The number of benzene rings is 1. The van der Waals surface area contributed by atoms with E-state index in [0.717, 1.165) is 41.2 Å². The third kappa shape index (κ3) is 8.47. The summed E-state index contributed by atoms with van der Waals surface area (Å²) < 4.78 is 6.34. The lowest BCUT2D eigenvalue weighted by Gasteiger charge is -2.29. The van der Waals surface area contributed by atoms with E-state index in [-0.39, 0.29) is 29.7 Å². The number of nitrogens with zero attached hydrogens (tertiary/aromatic N) is 2. The van der Waals surface area contributed by atoms with Crippen LogP contribution in [-0.2, 0) is 20.7 Å². The average molecular weight is 631 g/mol. The van der Waals surface area contributed by atoms with Gasteiger partial charge in [-0.15, -0.1) is 11.3 Å². The smallest absolute Gasteiger partial charge is 0.315 e. The molecule has 2 aliphatic carbocycles. The number of hydrogen-bond donors (Lipinski definition) is 4. The molecule has 2 heterocycles. The normalized spacial score (nSPS) is 23.3. The monoisotopic (exact) mass is 630 g/mol. The number of thiazole rings is 1. The molecule has 10 nitrogen and oxygen atoms in total. The van der Waals surface area contributed by atoms with Gasteiger partial charge in [0.15, 0.2) is 0 Å². The van der Waals surface area contributed by atoms with Crippen LogP contribution in [0.25, 0.3) is 10.2 Å². The van der Waals surface area contributed by atoms with Crippen LogP contribution < -0.4 is 21.3 Å². The zero-order chi connectivity index (χ0) is 30.4. The summed E-state index contributed by atoms with van der Waals surface area (Å²) in [5.41, 5.74) is 1.14. The van der Waals surface area contributed by atoms with Gasteiger partial charge in [0.25, 0.3) is 0 Å². The Morgan fingerprint density at radius 1 is 1.21 bits per heavy atom. The minimum atomic E-state index is -0.799. The van der Waals surface area contributed by atoms with Gasteiger partial charge < -0.3 is 26.0 Å². The van der Waals surface area contributed by atoms with Crippen molar-refractivity contribution in [3.05, 3.63) is 40.4 Å². The summed E-state index contributed by atoms with van der Waals surface area (Å²) in [6, 6.07) is 4.18. The third-order valence-corrected chi connectivity index (χ3v) is 10.3. The number of halogens is 1. The molecule has 4 amide bonds. The Morgan fingerprint density at radius 3 is 2.72 bits per heavy atom. The molecule has 234 valence electrons. The standard InChI is InChI=1S/C31H43ClN6O4S/c1-20(18-38-10-12-42-13-11-38)28(39)34-19-31(16-21-6-4-3-5-7-21)17-26(31)37-29(40)24(36-30(41)33-2)15-27-35-23-9-8-22(32)14-25(23)43-27/h8-9,14,21,24,26H,1,3-7,10-13,15-19H2,2H3,(H,34,39)(H,37,40)(H2,33,36,41)/t24-,26?,31?/m0/s1. The molecule has 3 aliphatic rings. The highest BCUT2D eigenvalue weighted by Crippen LogP contribution is 2.52. The number of urea groups is 1. The van der Waals surface area contributed by atoms with Gasteiger partial charge in [0.1, 0.15) is 6.04 Å². The van der Waals surface area contributed by atoms with Crippen molar-refractivity contribution in [3.63, 3.8) is 0 Å². The van der Waals surface area contributed by atoms with Gasteiger partial charge in [-0.05, 0) is 37.0 Å². The van der Waals surface area contributed by atoms with Crippen molar-refractivity contribution in [2.45, 2.75) is 63.5 Å². The van der Waals surface area contributed by atoms with Gasteiger partial charge in [-0.3, -0.25) is 14.5 Å². The topological polar surface area (TPSA) is 125 Å². The molecule has 43 heavy (non-hydrogen) atoms. The third-order valence-electron chi connectivity index (χ3n) is 8.99. The van der Waals surface area contributed by atoms with Gasteiger partial charge in [0.2, 0.25) is 11.8 Å². The Bertz CT molecular complexity index is 1320. The summed E-state index contributed by atoms with van der Waals surface area (Å²) in [4.78, 5) is 45.8. The quantitative estimate of drug-likeness (QED) is 0.266. The molecule has 2 unspecified atom stereocenters. The van der Waals surface area contributed by atoms with E-state index >= 15 is 0 Å². The van der Waals surface area contributed by atoms with Crippen LogP contribution in [0, 0.1) is 11.3 Å². The Morgan fingerprint density at radius 2 is 1.98 bits per heavy atom. The summed E-state index contributed by atoms with van der Waals surface area (Å²) in [5, 5.41) is 13.1. The Kier molecular flexibility index (Phi) is 10.6. The van der Waals surface area contributed by atoms with Crippen molar-refractivity contribution < 1.29 is 19.1 Å². The second-order valence-corrected chi connectivity index (χ2v) is 13.8. The van der Waals surface area contributed by atoms with Crippen LogP contribution in [0.4, 0.5) is 4.79 Å². The SMILES string of the molecule is C=C(CN1CCOCC1)C(=O)NCC1(CC2CCCCC2)CC1NC(=O)[C@H](Cc1nc2ccc(Cl)cc2s1)NC(=O)NC. The summed E-state index contributed by atoms with van der Waals surface area (Å²) >= 11 is 7.61. The largest absolute Gasteiger partial charge is 0.379 e. The molecule has 2 saturated carbocycles. The fourth-order valence-electron chi connectivity index (χ4n) is 6.41. The maximum atomic E-state index is 13.7. The van der Waals surface area contributed by atoms with Crippen LogP contribution in [0.5, 0.6) is 0 Å². The van der Waals surface area contributed by atoms with Crippen molar-refractivity contribution >= 4 is 51.0 Å². The predicted octanol–water partition coefficient (Wildman–Crippen LogP) is 3.64. The van der Waals surface area contributed by atoms with E-state index in [1.807, 2.05) is 12.1 Å². The number of nitrogens with one attached hydrogen (secondary N) is 4. The molecule has 1 aromatic carbocycles. The Hall–Kier alpha value is -2.73. The predicted molar refractivity (Wildman–Crippen MR) is 169 cm³/mol. The number of fused-ring (bicyclic) bond motifs is 1. The van der Waals surface area contributed by atoms with E-state index in [1.165, 1.54) is 50.5 Å². The highest BCUT2D eigenvalue weighted by atomic mass is 35.5. The first kappa shape index (κ1) is 31.7. The maximum absolute atomic E-state index is 13.7. The molecule has 0 spiro atoms. The van der Waals surface area contributed by atoms with Crippen molar-refractivity contribution in [2.24, 2.45) is 11.3 Å². The molecule has 12 heteroatoms. The highest BCUT2D eigenvalue weighted by molar-refractivity contribution is 7.18. The van der Waals surface area contributed by atoms with Gasteiger partial charge in [0, 0.05) is 61.7 Å². The van der Waals surface area contributed by atoms with E-state index in [2.05, 4.69) is 37.7 Å². The molecule has 4 N–H and O–H groups in total. The van der Waals surface area contributed by atoms with Crippen LogP contribution in [-0.4, -0.2) is 86.3 Å². The Balaban J connectivity index is 1.24. The average Bonchev–Trinajstić information content (AvgIpc) is 3.50. The molecular formula is C31H43ClN6O4S. The van der Waals surface area contributed by atoms with Crippen LogP contribution in [0.1, 0.15) is 50.0 Å². The van der Waals surface area contributed by atoms with E-state index in [9.17, 15) is 14.4 Å². The minimum absolute atomic E-state index is 0.0853. The number of aromatic nitrogens is 1. The van der Waals surface area contributed by atoms with E-state index in [4.69, 9.17) is 16.3 Å². The zero-order valence-corrected chi connectivity index (χ0v) is 26.5. The lowest BCUT2D eigenvalue weighted by molar-refractivity contribution is -0.123. The Labute approximate surface area is 262 Å². The summed E-state index contributed by atoms with van der Waals surface area (Å²) in [5.74, 6) is 0.194. The van der Waals surface area contributed by atoms with E-state index in [1.54, 1.807) is 6.07 Å². The number of ether oxygens (including phenoxy) is 1. The maximum Gasteiger partial charge on any atom is 0.315 e. The number of morpholine rings is 1. The molecule has 0 bridgehead atoms. The molecule has 0 radical (unpaired) electrons. The fourth-order valence-corrected chi connectivity index (χ4v) is 7.70. The molecular weight excluding hydrogens is 588 g/mol. The van der Waals surface area contributed by atoms with Crippen molar-refractivity contribution in [1.82, 2.24) is 31.2 Å². The van der Waals surface area contributed by atoms with Gasteiger partial charge >= 0.3 is 6.03 Å². The minimum Gasteiger partial charge on any atom is -0.379 e. The molecule has 1 aromatic heterocycles. The zero-order valence-electron chi connectivity index (χ0n) is 24.9. The first-order valence-electron chi connectivity index (χ1n) is 15.3. The van der Waals surface area contributed by atoms with Crippen molar-refractivity contribution in [1.29, 1.82) is 0 Å². The van der Waals surface area contributed by atoms with Crippen LogP contribution in [0.2, 0.25) is 5.02 Å².